The molecule has 2 rings (SSSR count). The van der Waals surface area contributed by atoms with Crippen molar-refractivity contribution in [3.63, 3.8) is 0 Å². The van der Waals surface area contributed by atoms with Crippen molar-refractivity contribution >= 4 is 11.9 Å². The summed E-state index contributed by atoms with van der Waals surface area (Å²) in [5, 5.41) is 0. The zero-order valence-corrected chi connectivity index (χ0v) is 12.8. The lowest BCUT2D eigenvalue weighted by molar-refractivity contribution is -0.148. The van der Waals surface area contributed by atoms with E-state index < -0.39 is 5.60 Å². The Morgan fingerprint density at radius 1 is 1.15 bits per heavy atom. The van der Waals surface area contributed by atoms with Gasteiger partial charge in [-0.25, -0.2) is 4.79 Å². The first-order valence-corrected chi connectivity index (χ1v) is 7.32. The highest BCUT2D eigenvalue weighted by atomic mass is 16.6. The van der Waals surface area contributed by atoms with Crippen LogP contribution >= 0.6 is 0 Å². The SMILES string of the molecule is COC(=O)C1CC2CCC(C1)C2=CC(=O)OC(C)(C)C. The lowest BCUT2D eigenvalue weighted by atomic mass is 9.77. The smallest absolute Gasteiger partial charge is 0.331 e. The number of allylic oxidation sites excluding steroid dienone is 1. The predicted octanol–water partition coefficient (Wildman–Crippen LogP) is 2.86. The van der Waals surface area contributed by atoms with Crippen LogP contribution < -0.4 is 0 Å². The Morgan fingerprint density at radius 3 is 2.15 bits per heavy atom. The quantitative estimate of drug-likeness (QED) is 0.576. The van der Waals surface area contributed by atoms with Crippen LogP contribution in [0.5, 0.6) is 0 Å². The van der Waals surface area contributed by atoms with E-state index in [9.17, 15) is 9.59 Å². The fraction of sp³-hybridized carbons (Fsp3) is 0.750. The van der Waals surface area contributed by atoms with E-state index in [1.165, 1.54) is 12.7 Å². The number of hydrogen-bond acceptors (Lipinski definition) is 4. The Balaban J connectivity index is 2.06. The van der Waals surface area contributed by atoms with Gasteiger partial charge < -0.3 is 9.47 Å². The minimum Gasteiger partial charge on any atom is -0.469 e. The van der Waals surface area contributed by atoms with Crippen LogP contribution in [0.4, 0.5) is 0 Å². The molecule has 112 valence electrons. The van der Waals surface area contributed by atoms with Crippen LogP contribution in [0, 0.1) is 17.8 Å². The van der Waals surface area contributed by atoms with Crippen molar-refractivity contribution in [1.29, 1.82) is 0 Å². The molecule has 20 heavy (non-hydrogen) atoms. The van der Waals surface area contributed by atoms with E-state index in [1.807, 2.05) is 20.8 Å². The van der Waals surface area contributed by atoms with Crippen LogP contribution in [0.25, 0.3) is 0 Å². The summed E-state index contributed by atoms with van der Waals surface area (Å²) in [4.78, 5) is 23.6. The van der Waals surface area contributed by atoms with E-state index in [0.717, 1.165) is 25.7 Å². The molecular weight excluding hydrogens is 256 g/mol. The van der Waals surface area contributed by atoms with Gasteiger partial charge in [0.2, 0.25) is 0 Å². The zero-order valence-electron chi connectivity index (χ0n) is 12.8. The van der Waals surface area contributed by atoms with Crippen molar-refractivity contribution in [1.82, 2.24) is 0 Å². The number of methoxy groups -OCH3 is 1. The van der Waals surface area contributed by atoms with E-state index in [1.54, 1.807) is 6.08 Å². The van der Waals surface area contributed by atoms with Crippen molar-refractivity contribution in [3.8, 4) is 0 Å². The standard InChI is InChI=1S/C16H24O4/c1-16(2,3)20-14(17)9-13-10-5-6-11(13)8-12(7-10)15(18)19-4/h9-12H,5-8H2,1-4H3. The molecule has 2 aliphatic carbocycles. The molecule has 0 N–H and O–H groups in total. The molecule has 0 radical (unpaired) electrons. The third-order valence-electron chi connectivity index (χ3n) is 4.17. The highest BCUT2D eigenvalue weighted by molar-refractivity contribution is 5.83. The first kappa shape index (κ1) is 15.1. The highest BCUT2D eigenvalue weighted by Crippen LogP contribution is 2.48. The molecule has 2 bridgehead atoms. The van der Waals surface area contributed by atoms with Crippen LogP contribution in [-0.4, -0.2) is 24.6 Å². The summed E-state index contributed by atoms with van der Waals surface area (Å²) in [5.74, 6) is 0.295. The van der Waals surface area contributed by atoms with Crippen molar-refractivity contribution in [2.24, 2.45) is 17.8 Å². The van der Waals surface area contributed by atoms with E-state index in [4.69, 9.17) is 9.47 Å². The molecule has 0 aromatic rings. The molecule has 2 atom stereocenters. The Morgan fingerprint density at radius 2 is 1.70 bits per heavy atom. The molecule has 0 aromatic heterocycles. The highest BCUT2D eigenvalue weighted by Gasteiger charge is 2.41. The molecule has 0 aliphatic heterocycles. The van der Waals surface area contributed by atoms with Gasteiger partial charge >= 0.3 is 11.9 Å². The average Bonchev–Trinajstić information content (AvgIpc) is 2.59. The average molecular weight is 280 g/mol. The van der Waals surface area contributed by atoms with E-state index in [0.29, 0.717) is 11.8 Å². The maximum absolute atomic E-state index is 11.9. The van der Waals surface area contributed by atoms with Crippen molar-refractivity contribution in [2.45, 2.75) is 52.1 Å². The summed E-state index contributed by atoms with van der Waals surface area (Å²) in [5.41, 5.74) is 0.718. The molecule has 4 heteroatoms. The number of esters is 2. The molecular formula is C16H24O4. The lowest BCUT2D eigenvalue weighted by Gasteiger charge is -2.29. The summed E-state index contributed by atoms with van der Waals surface area (Å²) in [7, 11) is 1.44. The number of carbonyl (C=O) groups excluding carboxylic acids is 2. The number of hydrogen-bond donors (Lipinski definition) is 0. The Labute approximate surface area is 120 Å². The van der Waals surface area contributed by atoms with Gasteiger partial charge in [-0.1, -0.05) is 5.57 Å². The van der Waals surface area contributed by atoms with Gasteiger partial charge in [-0.05, 0) is 58.3 Å². The zero-order chi connectivity index (χ0) is 14.9. The topological polar surface area (TPSA) is 52.6 Å². The molecule has 0 aromatic carbocycles. The molecule has 0 saturated heterocycles. The first-order valence-electron chi connectivity index (χ1n) is 7.32. The van der Waals surface area contributed by atoms with Crippen LogP contribution in [0.15, 0.2) is 11.6 Å². The summed E-state index contributed by atoms with van der Waals surface area (Å²) in [6.07, 6.45) is 5.40. The van der Waals surface area contributed by atoms with Gasteiger partial charge in [-0.15, -0.1) is 0 Å². The lowest BCUT2D eigenvalue weighted by Crippen LogP contribution is -2.27. The summed E-state index contributed by atoms with van der Waals surface area (Å²) >= 11 is 0. The predicted molar refractivity (Wildman–Crippen MR) is 74.9 cm³/mol. The van der Waals surface area contributed by atoms with Gasteiger partial charge in [0.1, 0.15) is 5.60 Å². The Bertz CT molecular complexity index is 414. The maximum atomic E-state index is 11.9. The minimum absolute atomic E-state index is 0.00622. The minimum atomic E-state index is -0.462. The molecule has 0 amide bonds. The van der Waals surface area contributed by atoms with Gasteiger partial charge in [0.05, 0.1) is 13.0 Å². The van der Waals surface area contributed by atoms with Gasteiger partial charge in [0.15, 0.2) is 0 Å². The summed E-state index contributed by atoms with van der Waals surface area (Å²) in [6.45, 7) is 5.60. The van der Waals surface area contributed by atoms with Gasteiger partial charge in [0, 0.05) is 6.08 Å². The van der Waals surface area contributed by atoms with Crippen LogP contribution in [0.3, 0.4) is 0 Å². The monoisotopic (exact) mass is 280 g/mol. The molecule has 2 saturated carbocycles. The summed E-state index contributed by atoms with van der Waals surface area (Å²) < 4.78 is 10.2. The van der Waals surface area contributed by atoms with E-state index >= 15 is 0 Å². The molecule has 0 heterocycles. The summed E-state index contributed by atoms with van der Waals surface area (Å²) in [6, 6.07) is 0. The van der Waals surface area contributed by atoms with Crippen LogP contribution in [-0.2, 0) is 19.1 Å². The normalized spacial score (nSPS) is 29.0. The molecule has 2 aliphatic rings. The molecule has 4 nitrogen and oxygen atoms in total. The maximum Gasteiger partial charge on any atom is 0.331 e. The fourth-order valence-electron chi connectivity index (χ4n) is 3.42. The number of fused-ring (bicyclic) bond motifs is 2. The van der Waals surface area contributed by atoms with Crippen LogP contribution in [0.1, 0.15) is 46.5 Å². The second-order valence-electron chi connectivity index (χ2n) is 6.84. The number of carbonyl (C=O) groups is 2. The molecule has 0 spiro atoms. The van der Waals surface area contributed by atoms with Crippen LogP contribution in [0.2, 0.25) is 0 Å². The van der Waals surface area contributed by atoms with Crippen molar-refractivity contribution < 1.29 is 19.1 Å². The second kappa shape index (κ2) is 5.58. The van der Waals surface area contributed by atoms with E-state index in [-0.39, 0.29) is 17.9 Å². The van der Waals surface area contributed by atoms with Gasteiger partial charge in [0.25, 0.3) is 0 Å². The van der Waals surface area contributed by atoms with Crippen molar-refractivity contribution in [3.05, 3.63) is 11.6 Å². The molecule has 2 unspecified atom stereocenters. The third-order valence-corrected chi connectivity index (χ3v) is 4.17. The number of rotatable bonds is 2. The Kier molecular flexibility index (Phi) is 4.21. The Hall–Kier alpha value is -1.32. The molecule has 2 fully saturated rings. The van der Waals surface area contributed by atoms with Gasteiger partial charge in [-0.3, -0.25) is 4.79 Å². The largest absolute Gasteiger partial charge is 0.469 e. The first-order chi connectivity index (χ1) is 9.30. The van der Waals surface area contributed by atoms with Gasteiger partial charge in [-0.2, -0.15) is 0 Å². The van der Waals surface area contributed by atoms with Crippen molar-refractivity contribution in [2.75, 3.05) is 7.11 Å². The van der Waals surface area contributed by atoms with E-state index in [2.05, 4.69) is 0 Å². The third kappa shape index (κ3) is 3.41. The number of ether oxygens (including phenoxy) is 2. The fourth-order valence-corrected chi connectivity index (χ4v) is 3.42. The second-order valence-corrected chi connectivity index (χ2v) is 6.84.